The molecule has 0 bridgehead atoms. The highest BCUT2D eigenvalue weighted by atomic mass is 32.2. The summed E-state index contributed by atoms with van der Waals surface area (Å²) in [6.45, 7) is 3.60. The van der Waals surface area contributed by atoms with Gasteiger partial charge in [0, 0.05) is 11.3 Å². The van der Waals surface area contributed by atoms with Crippen molar-refractivity contribution in [2.75, 3.05) is 20.0 Å². The zero-order valence-electron chi connectivity index (χ0n) is 11.5. The number of esters is 2. The summed E-state index contributed by atoms with van der Waals surface area (Å²) in [5.41, 5.74) is 0.753. The smallest absolute Gasteiger partial charge is 0.374 e. The Hall–Kier alpha value is -1.43. The van der Waals surface area contributed by atoms with Crippen molar-refractivity contribution in [3.63, 3.8) is 0 Å². The summed E-state index contributed by atoms with van der Waals surface area (Å²) in [6.07, 6.45) is 0. The van der Waals surface area contributed by atoms with Gasteiger partial charge in [-0.25, -0.2) is 4.79 Å². The monoisotopic (exact) mass is 286 g/mol. The molecule has 0 N–H and O–H groups in total. The van der Waals surface area contributed by atoms with Crippen LogP contribution in [0.2, 0.25) is 0 Å². The van der Waals surface area contributed by atoms with E-state index in [4.69, 9.17) is 4.42 Å². The second-order valence-electron chi connectivity index (χ2n) is 4.16. The van der Waals surface area contributed by atoms with Crippen LogP contribution in [0, 0.1) is 12.8 Å². The summed E-state index contributed by atoms with van der Waals surface area (Å²) in [6, 6.07) is 1.81. The Labute approximate surface area is 116 Å². The van der Waals surface area contributed by atoms with Gasteiger partial charge in [0.15, 0.2) is 0 Å². The Bertz CT molecular complexity index is 452. The maximum absolute atomic E-state index is 11.4. The van der Waals surface area contributed by atoms with Gasteiger partial charge in [0.1, 0.15) is 5.76 Å². The van der Waals surface area contributed by atoms with Crippen LogP contribution in [0.4, 0.5) is 0 Å². The van der Waals surface area contributed by atoms with Crippen molar-refractivity contribution in [1.82, 2.24) is 0 Å². The lowest BCUT2D eigenvalue weighted by Crippen LogP contribution is -2.14. The molecule has 1 rings (SSSR count). The number of thioether (sulfide) groups is 1. The van der Waals surface area contributed by atoms with Gasteiger partial charge in [-0.15, -0.1) is 0 Å². The molecule has 1 atom stereocenters. The molecule has 1 unspecified atom stereocenters. The molecule has 1 aromatic rings. The van der Waals surface area contributed by atoms with Gasteiger partial charge in [-0.2, -0.15) is 11.8 Å². The molecule has 0 aromatic carbocycles. The lowest BCUT2D eigenvalue weighted by Gasteiger charge is -2.07. The van der Waals surface area contributed by atoms with E-state index in [2.05, 4.69) is 9.47 Å². The first-order valence-electron chi connectivity index (χ1n) is 5.82. The number of furan rings is 1. The van der Waals surface area contributed by atoms with Crippen LogP contribution in [-0.4, -0.2) is 31.9 Å². The molecule has 0 fully saturated rings. The van der Waals surface area contributed by atoms with Gasteiger partial charge in [-0.1, -0.05) is 6.92 Å². The van der Waals surface area contributed by atoms with Gasteiger partial charge in [-0.05, 0) is 13.0 Å². The minimum atomic E-state index is -0.475. The molecule has 1 heterocycles. The third-order valence-electron chi connectivity index (χ3n) is 2.56. The highest BCUT2D eigenvalue weighted by Crippen LogP contribution is 2.21. The molecular formula is C13H18O5S. The van der Waals surface area contributed by atoms with E-state index < -0.39 is 5.97 Å². The first-order chi connectivity index (χ1) is 8.99. The molecule has 0 radical (unpaired) electrons. The van der Waals surface area contributed by atoms with Gasteiger partial charge in [0.2, 0.25) is 5.76 Å². The lowest BCUT2D eigenvalue weighted by atomic mass is 10.2. The van der Waals surface area contributed by atoms with Gasteiger partial charge in [0.25, 0.3) is 0 Å². The molecule has 0 amide bonds. The number of carbonyl (C=O) groups is 2. The van der Waals surface area contributed by atoms with Crippen LogP contribution in [0.25, 0.3) is 0 Å². The number of aryl methyl sites for hydroxylation is 1. The maximum Gasteiger partial charge on any atom is 0.374 e. The normalized spacial score (nSPS) is 12.0. The van der Waals surface area contributed by atoms with Crippen molar-refractivity contribution in [3.05, 3.63) is 23.2 Å². The van der Waals surface area contributed by atoms with Gasteiger partial charge in [0.05, 0.1) is 25.9 Å². The minimum absolute atomic E-state index is 0.161. The van der Waals surface area contributed by atoms with E-state index in [0.717, 1.165) is 5.56 Å². The van der Waals surface area contributed by atoms with E-state index >= 15 is 0 Å². The summed E-state index contributed by atoms with van der Waals surface area (Å²) in [7, 11) is 2.69. The molecule has 5 nitrogen and oxygen atoms in total. The van der Waals surface area contributed by atoms with Gasteiger partial charge in [-0.3, -0.25) is 4.79 Å². The van der Waals surface area contributed by atoms with Gasteiger partial charge >= 0.3 is 11.9 Å². The van der Waals surface area contributed by atoms with E-state index in [-0.39, 0.29) is 17.6 Å². The molecule has 0 aliphatic heterocycles. The zero-order valence-corrected chi connectivity index (χ0v) is 12.3. The Kier molecular flexibility index (Phi) is 5.95. The SMILES string of the molecule is COC(=O)c1oc(CSCC(C)C(=O)OC)cc1C. The molecule has 0 spiro atoms. The van der Waals surface area contributed by atoms with Crippen molar-refractivity contribution < 1.29 is 23.5 Å². The molecule has 1 aromatic heterocycles. The molecule has 0 saturated carbocycles. The number of carbonyl (C=O) groups excluding carboxylic acids is 2. The van der Waals surface area contributed by atoms with Crippen LogP contribution in [0.3, 0.4) is 0 Å². The van der Waals surface area contributed by atoms with E-state index in [0.29, 0.717) is 17.3 Å². The lowest BCUT2D eigenvalue weighted by molar-refractivity contribution is -0.144. The quantitative estimate of drug-likeness (QED) is 0.748. The van der Waals surface area contributed by atoms with Crippen molar-refractivity contribution in [2.24, 2.45) is 5.92 Å². The molecule has 0 saturated heterocycles. The van der Waals surface area contributed by atoms with Crippen molar-refractivity contribution in [1.29, 1.82) is 0 Å². The average Bonchev–Trinajstić information content (AvgIpc) is 2.77. The first kappa shape index (κ1) is 15.6. The minimum Gasteiger partial charge on any atom is -0.469 e. The third-order valence-corrected chi connectivity index (χ3v) is 3.78. The Morgan fingerprint density at radius 2 is 2.05 bits per heavy atom. The van der Waals surface area contributed by atoms with E-state index in [1.54, 1.807) is 18.7 Å². The zero-order chi connectivity index (χ0) is 14.4. The number of hydrogen-bond acceptors (Lipinski definition) is 6. The Morgan fingerprint density at radius 1 is 1.37 bits per heavy atom. The predicted octanol–water partition coefficient (Wildman–Crippen LogP) is 2.42. The number of rotatable bonds is 6. The second kappa shape index (κ2) is 7.23. The van der Waals surface area contributed by atoms with Crippen LogP contribution < -0.4 is 0 Å². The van der Waals surface area contributed by atoms with Crippen molar-refractivity contribution in [3.8, 4) is 0 Å². The molecule has 106 valence electrons. The summed E-state index contributed by atoms with van der Waals surface area (Å²) < 4.78 is 14.7. The number of hydrogen-bond donors (Lipinski definition) is 0. The van der Waals surface area contributed by atoms with Crippen LogP contribution in [0.1, 0.15) is 28.8 Å². The maximum atomic E-state index is 11.4. The summed E-state index contributed by atoms with van der Waals surface area (Å²) in [5, 5.41) is 0. The number of methoxy groups -OCH3 is 2. The highest BCUT2D eigenvalue weighted by Gasteiger charge is 2.17. The largest absolute Gasteiger partial charge is 0.469 e. The van der Waals surface area contributed by atoms with Crippen LogP contribution >= 0.6 is 11.8 Å². The fourth-order valence-corrected chi connectivity index (χ4v) is 2.47. The predicted molar refractivity (Wildman–Crippen MR) is 72.1 cm³/mol. The van der Waals surface area contributed by atoms with Crippen LogP contribution in [-0.2, 0) is 20.0 Å². The first-order valence-corrected chi connectivity index (χ1v) is 6.98. The third kappa shape index (κ3) is 4.31. The molecule has 0 aliphatic carbocycles. The average molecular weight is 286 g/mol. The van der Waals surface area contributed by atoms with Crippen molar-refractivity contribution in [2.45, 2.75) is 19.6 Å². The number of ether oxygens (including phenoxy) is 2. The fraction of sp³-hybridized carbons (Fsp3) is 0.538. The fourth-order valence-electron chi connectivity index (χ4n) is 1.52. The van der Waals surface area contributed by atoms with Crippen molar-refractivity contribution >= 4 is 23.7 Å². The van der Waals surface area contributed by atoms with E-state index in [1.165, 1.54) is 14.2 Å². The summed E-state index contributed by atoms with van der Waals surface area (Å²) in [4.78, 5) is 22.6. The topological polar surface area (TPSA) is 65.7 Å². The second-order valence-corrected chi connectivity index (χ2v) is 5.19. The summed E-state index contributed by atoms with van der Waals surface area (Å²) >= 11 is 1.55. The van der Waals surface area contributed by atoms with Crippen LogP contribution in [0.5, 0.6) is 0 Å². The van der Waals surface area contributed by atoms with E-state index in [9.17, 15) is 9.59 Å². The Balaban J connectivity index is 2.51. The molecular weight excluding hydrogens is 268 g/mol. The highest BCUT2D eigenvalue weighted by molar-refractivity contribution is 7.98. The molecule has 6 heteroatoms. The van der Waals surface area contributed by atoms with E-state index in [1.807, 2.05) is 13.0 Å². The van der Waals surface area contributed by atoms with Crippen LogP contribution in [0.15, 0.2) is 10.5 Å². The standard InChI is InChI=1S/C13H18O5S/c1-8-5-10(18-11(8)13(15)17-4)7-19-6-9(2)12(14)16-3/h5,9H,6-7H2,1-4H3. The van der Waals surface area contributed by atoms with Gasteiger partial charge < -0.3 is 13.9 Å². The molecule has 0 aliphatic rings. The molecule has 19 heavy (non-hydrogen) atoms. The Morgan fingerprint density at radius 3 is 2.63 bits per heavy atom. The summed E-state index contributed by atoms with van der Waals surface area (Å²) in [5.74, 6) is 1.30.